The molecular formula is C22H23ClN2O. The molecule has 2 aromatic carbocycles. The molecular weight excluding hydrogens is 344 g/mol. The van der Waals surface area contributed by atoms with Gasteiger partial charge in [-0.15, -0.1) is 0 Å². The molecule has 1 aromatic heterocycles. The first-order chi connectivity index (χ1) is 12.7. The monoisotopic (exact) mass is 366 g/mol. The van der Waals surface area contributed by atoms with E-state index in [1.165, 1.54) is 35.0 Å². The van der Waals surface area contributed by atoms with Crippen LogP contribution in [-0.2, 0) is 13.0 Å². The predicted octanol–water partition coefficient (Wildman–Crippen LogP) is 5.07. The van der Waals surface area contributed by atoms with E-state index in [1.807, 2.05) is 36.4 Å². The third-order valence-electron chi connectivity index (χ3n) is 6.11. The maximum absolute atomic E-state index is 6.34. The Labute approximate surface area is 159 Å². The zero-order valence-corrected chi connectivity index (χ0v) is 15.7. The van der Waals surface area contributed by atoms with Gasteiger partial charge < -0.3 is 9.30 Å². The molecule has 2 aliphatic rings. The average molecular weight is 367 g/mol. The highest BCUT2D eigenvalue weighted by Gasteiger charge is 2.40. The van der Waals surface area contributed by atoms with Gasteiger partial charge in [0.1, 0.15) is 12.4 Å². The molecule has 0 amide bonds. The van der Waals surface area contributed by atoms with Crippen molar-refractivity contribution in [1.82, 2.24) is 9.47 Å². The fourth-order valence-electron chi connectivity index (χ4n) is 4.85. The first kappa shape index (κ1) is 16.2. The Bertz CT molecular complexity index is 950. The van der Waals surface area contributed by atoms with Crippen molar-refractivity contribution in [2.24, 2.45) is 0 Å². The van der Waals surface area contributed by atoms with Gasteiger partial charge in [-0.25, -0.2) is 0 Å². The van der Waals surface area contributed by atoms with Gasteiger partial charge in [0.15, 0.2) is 0 Å². The number of ether oxygens (including phenoxy) is 1. The van der Waals surface area contributed by atoms with Crippen LogP contribution in [0.1, 0.15) is 30.1 Å². The van der Waals surface area contributed by atoms with Crippen LogP contribution in [0.25, 0.3) is 10.9 Å². The second-order valence-corrected chi connectivity index (χ2v) is 7.89. The van der Waals surface area contributed by atoms with Crippen LogP contribution in [-0.4, -0.2) is 29.2 Å². The number of fused-ring (bicyclic) bond motifs is 6. The summed E-state index contributed by atoms with van der Waals surface area (Å²) in [7, 11) is 2.28. The van der Waals surface area contributed by atoms with Crippen LogP contribution in [0.5, 0.6) is 5.75 Å². The maximum atomic E-state index is 6.34. The lowest BCUT2D eigenvalue weighted by Crippen LogP contribution is -2.34. The number of likely N-dealkylation sites (N-methyl/N-ethyl adjacent to an activating group) is 1. The van der Waals surface area contributed by atoms with Crippen molar-refractivity contribution in [1.29, 1.82) is 0 Å². The van der Waals surface area contributed by atoms with E-state index in [9.17, 15) is 0 Å². The summed E-state index contributed by atoms with van der Waals surface area (Å²) in [5.74, 6) is 0.931. The number of hydrogen-bond acceptors (Lipinski definition) is 2. The highest BCUT2D eigenvalue weighted by Crippen LogP contribution is 2.47. The van der Waals surface area contributed by atoms with Crippen LogP contribution in [0.2, 0.25) is 5.02 Å². The van der Waals surface area contributed by atoms with E-state index in [0.29, 0.717) is 18.7 Å². The number of hydrogen-bond donors (Lipinski definition) is 0. The third kappa shape index (κ3) is 2.53. The molecule has 2 bridgehead atoms. The van der Waals surface area contributed by atoms with Crippen LogP contribution in [0.15, 0.2) is 48.5 Å². The molecule has 2 aliphatic heterocycles. The van der Waals surface area contributed by atoms with Crippen LogP contribution >= 0.6 is 11.6 Å². The fraction of sp³-hybridized carbons (Fsp3) is 0.364. The van der Waals surface area contributed by atoms with E-state index >= 15 is 0 Å². The summed E-state index contributed by atoms with van der Waals surface area (Å²) in [6.07, 6.45) is 3.67. The van der Waals surface area contributed by atoms with Gasteiger partial charge in [0, 0.05) is 40.1 Å². The summed E-state index contributed by atoms with van der Waals surface area (Å²) in [6, 6.07) is 17.6. The number of halogens is 1. The molecule has 5 rings (SSSR count). The molecule has 3 nitrogen and oxygen atoms in total. The highest BCUT2D eigenvalue weighted by molar-refractivity contribution is 6.31. The van der Waals surface area contributed by atoms with Gasteiger partial charge in [0.05, 0.1) is 6.54 Å². The first-order valence-corrected chi connectivity index (χ1v) is 9.80. The molecule has 3 aromatic rings. The number of rotatable bonds is 4. The van der Waals surface area contributed by atoms with Crippen molar-refractivity contribution < 1.29 is 4.74 Å². The van der Waals surface area contributed by atoms with Crippen LogP contribution in [0.4, 0.5) is 0 Å². The van der Waals surface area contributed by atoms with Crippen molar-refractivity contribution >= 4 is 22.5 Å². The highest BCUT2D eigenvalue weighted by atomic mass is 35.5. The molecule has 2 atom stereocenters. The minimum atomic E-state index is 0.529. The summed E-state index contributed by atoms with van der Waals surface area (Å²) in [5, 5.41) is 2.14. The Morgan fingerprint density at radius 1 is 1.12 bits per heavy atom. The Balaban J connectivity index is 1.52. The lowest BCUT2D eigenvalue weighted by Gasteiger charge is -2.32. The summed E-state index contributed by atoms with van der Waals surface area (Å²) < 4.78 is 8.45. The van der Waals surface area contributed by atoms with Gasteiger partial charge in [0.25, 0.3) is 0 Å². The molecule has 3 heterocycles. The largest absolute Gasteiger partial charge is 0.492 e. The molecule has 0 saturated carbocycles. The summed E-state index contributed by atoms with van der Waals surface area (Å²) in [5.41, 5.74) is 4.28. The molecule has 1 saturated heterocycles. The number of aromatic nitrogens is 1. The Hall–Kier alpha value is -1.97. The molecule has 4 heteroatoms. The summed E-state index contributed by atoms with van der Waals surface area (Å²) >= 11 is 6.34. The fourth-order valence-corrected chi connectivity index (χ4v) is 5.03. The molecule has 0 aliphatic carbocycles. The van der Waals surface area contributed by atoms with Crippen LogP contribution in [0.3, 0.4) is 0 Å². The molecule has 2 unspecified atom stereocenters. The standard InChI is InChI=1S/C22H23ClN2O/c1-24-16-8-10-20(24)22-18-13-15(23)7-9-19(18)25(21(22)14-16)11-12-26-17-5-3-2-4-6-17/h2-7,9,13,16,20H,8,10-12,14H2,1H3. The Morgan fingerprint density at radius 2 is 1.96 bits per heavy atom. The molecule has 0 spiro atoms. The normalized spacial score (nSPS) is 21.9. The second-order valence-electron chi connectivity index (χ2n) is 7.45. The van der Waals surface area contributed by atoms with Crippen molar-refractivity contribution in [2.45, 2.75) is 37.9 Å². The van der Waals surface area contributed by atoms with Gasteiger partial charge in [0.2, 0.25) is 0 Å². The van der Waals surface area contributed by atoms with Crippen LogP contribution in [0, 0.1) is 0 Å². The van der Waals surface area contributed by atoms with E-state index in [1.54, 1.807) is 0 Å². The van der Waals surface area contributed by atoms with Gasteiger partial charge in [-0.05, 0) is 55.8 Å². The number of benzene rings is 2. The zero-order valence-electron chi connectivity index (χ0n) is 15.0. The molecule has 1 fully saturated rings. The summed E-state index contributed by atoms with van der Waals surface area (Å²) in [6.45, 7) is 1.54. The molecule has 134 valence electrons. The van der Waals surface area contributed by atoms with Crippen molar-refractivity contribution in [3.63, 3.8) is 0 Å². The van der Waals surface area contributed by atoms with E-state index in [4.69, 9.17) is 16.3 Å². The molecule has 0 radical (unpaired) electrons. The predicted molar refractivity (Wildman–Crippen MR) is 106 cm³/mol. The van der Waals surface area contributed by atoms with Crippen molar-refractivity contribution in [3.05, 3.63) is 64.8 Å². The van der Waals surface area contributed by atoms with Gasteiger partial charge in [-0.2, -0.15) is 0 Å². The van der Waals surface area contributed by atoms with E-state index in [-0.39, 0.29) is 0 Å². The number of nitrogens with zero attached hydrogens (tertiary/aromatic N) is 2. The minimum absolute atomic E-state index is 0.529. The van der Waals surface area contributed by atoms with Gasteiger partial charge in [-0.1, -0.05) is 29.8 Å². The first-order valence-electron chi connectivity index (χ1n) is 9.42. The lowest BCUT2D eigenvalue weighted by molar-refractivity contribution is 0.220. The Kier molecular flexibility index (Phi) is 3.95. The molecule has 0 N–H and O–H groups in total. The van der Waals surface area contributed by atoms with Crippen LogP contribution < -0.4 is 4.74 Å². The van der Waals surface area contributed by atoms with Gasteiger partial charge >= 0.3 is 0 Å². The van der Waals surface area contributed by atoms with Gasteiger partial charge in [-0.3, -0.25) is 4.90 Å². The van der Waals surface area contributed by atoms with Crippen molar-refractivity contribution in [3.8, 4) is 5.75 Å². The topological polar surface area (TPSA) is 17.4 Å². The molecule has 26 heavy (non-hydrogen) atoms. The summed E-state index contributed by atoms with van der Waals surface area (Å²) in [4.78, 5) is 2.56. The lowest BCUT2D eigenvalue weighted by atomic mass is 9.97. The van der Waals surface area contributed by atoms with Crippen molar-refractivity contribution in [2.75, 3.05) is 13.7 Å². The average Bonchev–Trinajstić information content (AvgIpc) is 3.06. The SMILES string of the molecule is CN1C2CCC1c1c(n(CCOc3ccccc3)c3ccc(Cl)cc13)C2. The Morgan fingerprint density at radius 3 is 2.81 bits per heavy atom. The quantitative estimate of drug-likeness (QED) is 0.641. The van der Waals surface area contributed by atoms with E-state index in [0.717, 1.165) is 23.7 Å². The second kappa shape index (κ2) is 6.33. The van der Waals surface area contributed by atoms with E-state index in [2.05, 4.69) is 28.6 Å². The number of para-hydroxylation sites is 1. The minimum Gasteiger partial charge on any atom is -0.492 e. The smallest absolute Gasteiger partial charge is 0.119 e. The third-order valence-corrected chi connectivity index (χ3v) is 6.34. The maximum Gasteiger partial charge on any atom is 0.119 e. The van der Waals surface area contributed by atoms with E-state index < -0.39 is 0 Å². The zero-order chi connectivity index (χ0) is 17.7.